The van der Waals surface area contributed by atoms with E-state index in [0.29, 0.717) is 28.1 Å². The molecular weight excluding hydrogens is 724 g/mol. The first kappa shape index (κ1) is 35.2. The second kappa shape index (κ2) is 14.2. The maximum atomic E-state index is 13.3. The SMILES string of the molecule is Cc1cccc(C)c1-c1cc(OC[C@@H](CC2(C)CC2)NCc2cnc3oc(Br)cc3n2)nc(NS(=O)(=O)c2cccc(C(=O)O)c2)n1.Cl. The summed E-state index contributed by atoms with van der Waals surface area (Å²) < 4.78 is 41.4. The van der Waals surface area contributed by atoms with Crippen LogP contribution in [0.2, 0.25) is 0 Å². The lowest BCUT2D eigenvalue weighted by molar-refractivity contribution is 0.0696. The van der Waals surface area contributed by atoms with Crippen LogP contribution in [0.5, 0.6) is 5.88 Å². The van der Waals surface area contributed by atoms with Gasteiger partial charge in [-0.3, -0.25) is 0 Å². The van der Waals surface area contributed by atoms with Crippen LogP contribution in [0.25, 0.3) is 22.5 Å². The van der Waals surface area contributed by atoms with Crippen LogP contribution >= 0.6 is 28.3 Å². The maximum absolute atomic E-state index is 13.3. The number of fused-ring (bicyclic) bond motifs is 1. The number of carbonyl (C=O) groups is 1. The zero-order valence-corrected chi connectivity index (χ0v) is 29.6. The number of hydrogen-bond donors (Lipinski definition) is 3. The summed E-state index contributed by atoms with van der Waals surface area (Å²) in [6.07, 6.45) is 4.78. The lowest BCUT2D eigenvalue weighted by atomic mass is 9.99. The number of anilines is 1. The Hall–Kier alpha value is -4.11. The van der Waals surface area contributed by atoms with Gasteiger partial charge in [-0.25, -0.2) is 32.9 Å². The number of carboxylic acids is 1. The first-order valence-corrected chi connectivity index (χ1v) is 17.2. The second-order valence-corrected chi connectivity index (χ2v) is 14.6. The van der Waals surface area contributed by atoms with E-state index in [9.17, 15) is 18.3 Å². The molecular formula is C33H34BrClN6O6S. The van der Waals surface area contributed by atoms with E-state index >= 15 is 0 Å². The van der Waals surface area contributed by atoms with Crippen LogP contribution in [0.1, 0.15) is 53.4 Å². The first-order valence-electron chi connectivity index (χ1n) is 15.0. The van der Waals surface area contributed by atoms with E-state index < -0.39 is 16.0 Å². The Morgan fingerprint density at radius 2 is 1.81 bits per heavy atom. The molecule has 1 aliphatic rings. The van der Waals surface area contributed by atoms with Gasteiger partial charge in [0, 0.05) is 30.3 Å². The molecule has 48 heavy (non-hydrogen) atoms. The summed E-state index contributed by atoms with van der Waals surface area (Å²) in [6, 6.07) is 14.3. The Morgan fingerprint density at radius 3 is 2.52 bits per heavy atom. The number of hydrogen-bond acceptors (Lipinski definition) is 10. The van der Waals surface area contributed by atoms with Crippen LogP contribution in [0.3, 0.4) is 0 Å². The van der Waals surface area contributed by atoms with Gasteiger partial charge < -0.3 is 19.6 Å². The fraction of sp³-hybridized carbons (Fsp3) is 0.303. The van der Waals surface area contributed by atoms with Crippen molar-refractivity contribution in [2.45, 2.75) is 57.5 Å². The van der Waals surface area contributed by atoms with E-state index in [-0.39, 0.29) is 52.8 Å². The molecule has 1 saturated carbocycles. The van der Waals surface area contributed by atoms with Crippen LogP contribution in [0, 0.1) is 19.3 Å². The molecule has 15 heteroatoms. The third-order valence-corrected chi connectivity index (χ3v) is 9.88. The molecule has 2 aromatic carbocycles. The predicted molar refractivity (Wildman–Crippen MR) is 186 cm³/mol. The third kappa shape index (κ3) is 8.29. The van der Waals surface area contributed by atoms with Gasteiger partial charge >= 0.3 is 5.97 Å². The van der Waals surface area contributed by atoms with Gasteiger partial charge in [0.25, 0.3) is 10.0 Å². The molecule has 0 spiro atoms. The molecule has 3 aromatic heterocycles. The van der Waals surface area contributed by atoms with Gasteiger partial charge in [0.05, 0.1) is 28.0 Å². The highest BCUT2D eigenvalue weighted by atomic mass is 79.9. The molecule has 0 unspecified atom stereocenters. The Labute approximate surface area is 292 Å². The minimum absolute atomic E-state index is 0. The molecule has 1 atom stereocenters. The summed E-state index contributed by atoms with van der Waals surface area (Å²) >= 11 is 3.31. The lowest BCUT2D eigenvalue weighted by Crippen LogP contribution is -2.36. The molecule has 3 heterocycles. The van der Waals surface area contributed by atoms with E-state index in [1.54, 1.807) is 18.3 Å². The quantitative estimate of drug-likeness (QED) is 0.117. The van der Waals surface area contributed by atoms with E-state index in [1.165, 1.54) is 18.2 Å². The highest BCUT2D eigenvalue weighted by Crippen LogP contribution is 2.49. The van der Waals surface area contributed by atoms with Crippen LogP contribution in [-0.2, 0) is 16.6 Å². The van der Waals surface area contributed by atoms with Crippen molar-refractivity contribution < 1.29 is 27.5 Å². The Balaban J connectivity index is 0.00000451. The van der Waals surface area contributed by atoms with Crippen molar-refractivity contribution in [1.82, 2.24) is 25.3 Å². The molecule has 0 aliphatic heterocycles. The summed E-state index contributed by atoms with van der Waals surface area (Å²) in [6.45, 7) is 6.84. The number of benzene rings is 2. The van der Waals surface area contributed by atoms with Gasteiger partial charge in [0.2, 0.25) is 17.5 Å². The van der Waals surface area contributed by atoms with Crippen molar-refractivity contribution in [3.63, 3.8) is 0 Å². The number of nitrogens with zero attached hydrogens (tertiary/aromatic N) is 4. The number of carboxylic acid groups (broad SMARTS) is 1. The largest absolute Gasteiger partial charge is 0.478 e. The molecule has 0 bridgehead atoms. The summed E-state index contributed by atoms with van der Waals surface area (Å²) in [4.78, 5) is 29.2. The minimum Gasteiger partial charge on any atom is -0.478 e. The van der Waals surface area contributed by atoms with Gasteiger partial charge in [-0.05, 0) is 83.8 Å². The van der Waals surface area contributed by atoms with Crippen LogP contribution in [0.15, 0.2) is 74.8 Å². The van der Waals surface area contributed by atoms with E-state index in [1.807, 2.05) is 32.0 Å². The molecule has 6 rings (SSSR count). The summed E-state index contributed by atoms with van der Waals surface area (Å²) in [7, 11) is -4.23. The summed E-state index contributed by atoms with van der Waals surface area (Å²) in [5.74, 6) is -1.25. The molecule has 0 radical (unpaired) electrons. The standard InChI is InChI=1S/C33H33BrN6O6S.ClH/c1-19-6-4-7-20(2)29(19)25-14-28(39-32(38-25)40-47(43,44)24-9-5-8-21(12-24)31(41)42)45-18-22(15-33(3)10-11-33)35-16-23-17-36-30-26(37-23)13-27(34)46-30;/h4-9,12-14,17,22,35H,10-11,15-16,18H2,1-3H3,(H,41,42)(H,38,39,40);1H/t22-;/m1./s1. The highest BCUT2D eigenvalue weighted by molar-refractivity contribution is 9.10. The number of aryl methyl sites for hydroxylation is 2. The Bertz CT molecular complexity index is 2070. The highest BCUT2D eigenvalue weighted by Gasteiger charge is 2.39. The average molecular weight is 758 g/mol. The number of nitrogens with one attached hydrogen (secondary N) is 2. The van der Waals surface area contributed by atoms with Gasteiger partial charge in [-0.1, -0.05) is 31.2 Å². The zero-order chi connectivity index (χ0) is 33.3. The molecule has 1 aliphatic carbocycles. The second-order valence-electron chi connectivity index (χ2n) is 12.1. The van der Waals surface area contributed by atoms with Crippen LogP contribution in [0.4, 0.5) is 5.95 Å². The van der Waals surface area contributed by atoms with Gasteiger partial charge in [0.15, 0.2) is 4.67 Å². The predicted octanol–water partition coefficient (Wildman–Crippen LogP) is 6.71. The lowest BCUT2D eigenvalue weighted by Gasteiger charge is -2.22. The third-order valence-electron chi connectivity index (χ3n) is 8.16. The number of sulfonamides is 1. The summed E-state index contributed by atoms with van der Waals surface area (Å²) in [5, 5.41) is 12.9. The molecule has 3 N–H and O–H groups in total. The Morgan fingerprint density at radius 1 is 1.08 bits per heavy atom. The maximum Gasteiger partial charge on any atom is 0.335 e. The topological polar surface area (TPSA) is 169 Å². The van der Waals surface area contributed by atoms with Gasteiger partial charge in [-0.2, -0.15) is 4.98 Å². The fourth-order valence-electron chi connectivity index (χ4n) is 5.42. The minimum atomic E-state index is -4.23. The number of halogens is 2. The van der Waals surface area contributed by atoms with Crippen molar-refractivity contribution in [2.75, 3.05) is 11.3 Å². The molecule has 0 saturated heterocycles. The molecule has 0 amide bonds. The van der Waals surface area contributed by atoms with Crippen molar-refractivity contribution in [3.8, 4) is 17.1 Å². The zero-order valence-electron chi connectivity index (χ0n) is 26.4. The fourth-order valence-corrected chi connectivity index (χ4v) is 6.78. The van der Waals surface area contributed by atoms with E-state index in [0.717, 1.165) is 47.7 Å². The van der Waals surface area contributed by atoms with Crippen molar-refractivity contribution in [2.24, 2.45) is 5.41 Å². The number of furan rings is 1. The monoisotopic (exact) mass is 756 g/mol. The number of ether oxygens (including phenoxy) is 1. The molecule has 5 aromatic rings. The molecule has 12 nitrogen and oxygen atoms in total. The smallest absolute Gasteiger partial charge is 0.335 e. The summed E-state index contributed by atoms with van der Waals surface area (Å²) in [5.41, 5.74) is 5.10. The average Bonchev–Trinajstić information content (AvgIpc) is 3.63. The van der Waals surface area contributed by atoms with Crippen LogP contribution < -0.4 is 14.8 Å². The number of aromatic nitrogens is 4. The van der Waals surface area contributed by atoms with Crippen molar-refractivity contribution >= 4 is 61.5 Å². The normalized spacial score (nSPS) is 14.2. The van der Waals surface area contributed by atoms with E-state index in [4.69, 9.17) is 9.15 Å². The number of rotatable bonds is 13. The Kier molecular flexibility index (Phi) is 10.4. The number of aromatic carboxylic acids is 1. The molecule has 252 valence electrons. The van der Waals surface area contributed by atoms with Gasteiger partial charge in [-0.15, -0.1) is 12.4 Å². The molecule has 1 fully saturated rings. The van der Waals surface area contributed by atoms with Crippen LogP contribution in [-0.4, -0.2) is 52.1 Å². The van der Waals surface area contributed by atoms with Gasteiger partial charge in [0.1, 0.15) is 12.1 Å². The van der Waals surface area contributed by atoms with Crippen molar-refractivity contribution in [1.29, 1.82) is 0 Å². The van der Waals surface area contributed by atoms with Crippen molar-refractivity contribution in [3.05, 3.63) is 87.8 Å². The first-order chi connectivity index (χ1) is 22.4. The van der Waals surface area contributed by atoms with E-state index in [2.05, 4.69) is 52.8 Å².